The standard InChI is InChI=1S/C16H27NO2S/c1-4-7-12-20(18)13-16(17-5-2)14-8-10-15(11-9-14)19-6-3/h8-11,16-17H,4-7,12-13H2,1-3H3. The molecule has 1 aromatic carbocycles. The second-order valence-corrected chi connectivity index (χ2v) is 6.40. The Kier molecular flexibility index (Phi) is 8.54. The van der Waals surface area contributed by atoms with E-state index in [1.54, 1.807) is 0 Å². The smallest absolute Gasteiger partial charge is 0.119 e. The van der Waals surface area contributed by atoms with Gasteiger partial charge in [0.05, 0.1) is 6.61 Å². The van der Waals surface area contributed by atoms with Gasteiger partial charge in [0.2, 0.25) is 0 Å². The molecule has 4 heteroatoms. The summed E-state index contributed by atoms with van der Waals surface area (Å²) < 4.78 is 17.5. The van der Waals surface area contributed by atoms with Crippen LogP contribution in [0.25, 0.3) is 0 Å². The van der Waals surface area contributed by atoms with Crippen molar-refractivity contribution in [1.29, 1.82) is 0 Å². The third-order valence-electron chi connectivity index (χ3n) is 3.12. The molecule has 3 nitrogen and oxygen atoms in total. The molecule has 20 heavy (non-hydrogen) atoms. The second-order valence-electron chi connectivity index (χ2n) is 4.78. The molecule has 0 radical (unpaired) electrons. The molecule has 2 atom stereocenters. The lowest BCUT2D eigenvalue weighted by Gasteiger charge is -2.18. The maximum Gasteiger partial charge on any atom is 0.119 e. The molecular weight excluding hydrogens is 270 g/mol. The molecule has 0 bridgehead atoms. The summed E-state index contributed by atoms with van der Waals surface area (Å²) in [7, 11) is -0.754. The van der Waals surface area contributed by atoms with Crippen LogP contribution in [0.5, 0.6) is 5.75 Å². The fraction of sp³-hybridized carbons (Fsp3) is 0.625. The zero-order valence-electron chi connectivity index (χ0n) is 12.9. The summed E-state index contributed by atoms with van der Waals surface area (Å²) in [4.78, 5) is 0. The highest BCUT2D eigenvalue weighted by atomic mass is 32.2. The van der Waals surface area contributed by atoms with Crippen molar-refractivity contribution in [1.82, 2.24) is 5.32 Å². The molecule has 1 rings (SSSR count). The summed E-state index contributed by atoms with van der Waals surface area (Å²) in [5, 5.41) is 3.42. The van der Waals surface area contributed by atoms with Gasteiger partial charge in [0.15, 0.2) is 0 Å². The molecule has 1 N–H and O–H groups in total. The van der Waals surface area contributed by atoms with Crippen LogP contribution in [-0.2, 0) is 10.8 Å². The molecule has 2 unspecified atom stereocenters. The zero-order chi connectivity index (χ0) is 14.8. The van der Waals surface area contributed by atoms with E-state index in [1.807, 2.05) is 19.1 Å². The molecule has 0 saturated carbocycles. The predicted octanol–water partition coefficient (Wildman–Crippen LogP) is 3.28. The first-order valence-corrected chi connectivity index (χ1v) is 9.01. The highest BCUT2D eigenvalue weighted by molar-refractivity contribution is 7.85. The van der Waals surface area contributed by atoms with Crippen molar-refractivity contribution in [3.05, 3.63) is 29.8 Å². The van der Waals surface area contributed by atoms with Gasteiger partial charge in [-0.15, -0.1) is 0 Å². The summed E-state index contributed by atoms with van der Waals surface area (Å²) in [5.74, 6) is 2.37. The first-order chi connectivity index (χ1) is 9.71. The molecule has 0 heterocycles. The Balaban J connectivity index is 2.66. The monoisotopic (exact) mass is 297 g/mol. The Hall–Kier alpha value is -0.870. The topological polar surface area (TPSA) is 38.3 Å². The Bertz CT molecular complexity index is 392. The van der Waals surface area contributed by atoms with Crippen LogP contribution < -0.4 is 10.1 Å². The van der Waals surface area contributed by atoms with Crippen molar-refractivity contribution < 1.29 is 8.95 Å². The lowest BCUT2D eigenvalue weighted by Crippen LogP contribution is -2.26. The SMILES string of the molecule is CCCCS(=O)CC(NCC)c1ccc(OCC)cc1. The van der Waals surface area contributed by atoms with Gasteiger partial charge in [-0.1, -0.05) is 32.4 Å². The molecule has 0 spiro atoms. The molecule has 0 aliphatic heterocycles. The van der Waals surface area contributed by atoms with Gasteiger partial charge in [0.1, 0.15) is 5.75 Å². The number of unbranched alkanes of at least 4 members (excludes halogenated alkanes) is 1. The van der Waals surface area contributed by atoms with Crippen LogP contribution in [0.15, 0.2) is 24.3 Å². The van der Waals surface area contributed by atoms with E-state index in [-0.39, 0.29) is 6.04 Å². The van der Waals surface area contributed by atoms with Crippen molar-refractivity contribution in [3.63, 3.8) is 0 Å². The van der Waals surface area contributed by atoms with Crippen LogP contribution in [0.4, 0.5) is 0 Å². The Morgan fingerprint density at radius 1 is 1.20 bits per heavy atom. The van der Waals surface area contributed by atoms with E-state index in [2.05, 4.69) is 31.3 Å². The maximum atomic E-state index is 12.1. The van der Waals surface area contributed by atoms with E-state index in [9.17, 15) is 4.21 Å². The number of ether oxygens (including phenoxy) is 1. The lowest BCUT2D eigenvalue weighted by molar-refractivity contribution is 0.340. The third-order valence-corrected chi connectivity index (χ3v) is 4.57. The number of benzene rings is 1. The largest absolute Gasteiger partial charge is 0.494 e. The maximum absolute atomic E-state index is 12.1. The van der Waals surface area contributed by atoms with Gasteiger partial charge in [-0.3, -0.25) is 4.21 Å². The quantitative estimate of drug-likeness (QED) is 0.720. The predicted molar refractivity (Wildman–Crippen MR) is 86.8 cm³/mol. The molecule has 0 amide bonds. The molecule has 0 fully saturated rings. The van der Waals surface area contributed by atoms with Crippen molar-refractivity contribution in [2.75, 3.05) is 24.7 Å². The van der Waals surface area contributed by atoms with Crippen LogP contribution in [0.2, 0.25) is 0 Å². The first-order valence-electron chi connectivity index (χ1n) is 7.52. The van der Waals surface area contributed by atoms with Gasteiger partial charge in [-0.05, 0) is 37.6 Å². The van der Waals surface area contributed by atoms with Crippen LogP contribution in [0.1, 0.15) is 45.2 Å². The van der Waals surface area contributed by atoms with Gasteiger partial charge < -0.3 is 10.1 Å². The van der Waals surface area contributed by atoms with Gasteiger partial charge in [-0.2, -0.15) is 0 Å². The summed E-state index contributed by atoms with van der Waals surface area (Å²) in [6, 6.07) is 8.26. The minimum absolute atomic E-state index is 0.161. The third kappa shape index (κ3) is 6.06. The Labute approximate surface area is 125 Å². The summed E-state index contributed by atoms with van der Waals surface area (Å²) >= 11 is 0. The van der Waals surface area contributed by atoms with Crippen LogP contribution in [0, 0.1) is 0 Å². The van der Waals surface area contributed by atoms with E-state index in [0.717, 1.165) is 30.9 Å². The molecule has 0 aromatic heterocycles. The normalized spacial score (nSPS) is 13.9. The summed E-state index contributed by atoms with van der Waals surface area (Å²) in [5.41, 5.74) is 1.18. The number of hydrogen-bond donors (Lipinski definition) is 1. The fourth-order valence-corrected chi connectivity index (χ4v) is 3.52. The average Bonchev–Trinajstić information content (AvgIpc) is 2.46. The van der Waals surface area contributed by atoms with Crippen molar-refractivity contribution in [3.8, 4) is 5.75 Å². The fourth-order valence-electron chi connectivity index (χ4n) is 2.06. The average molecular weight is 297 g/mol. The van der Waals surface area contributed by atoms with E-state index in [4.69, 9.17) is 4.74 Å². The van der Waals surface area contributed by atoms with E-state index < -0.39 is 10.8 Å². The van der Waals surface area contributed by atoms with Crippen LogP contribution in [0.3, 0.4) is 0 Å². The minimum atomic E-state index is -0.754. The van der Waals surface area contributed by atoms with Crippen LogP contribution >= 0.6 is 0 Å². The van der Waals surface area contributed by atoms with Gasteiger partial charge in [-0.25, -0.2) is 0 Å². The molecule has 1 aromatic rings. The van der Waals surface area contributed by atoms with Crippen molar-refractivity contribution >= 4 is 10.8 Å². The summed E-state index contributed by atoms with van der Waals surface area (Å²) in [6.45, 7) is 7.74. The number of nitrogens with one attached hydrogen (secondary N) is 1. The minimum Gasteiger partial charge on any atom is -0.494 e. The molecule has 0 aliphatic rings. The van der Waals surface area contributed by atoms with E-state index >= 15 is 0 Å². The van der Waals surface area contributed by atoms with E-state index in [0.29, 0.717) is 12.4 Å². The molecular formula is C16H27NO2S. The van der Waals surface area contributed by atoms with Gasteiger partial charge in [0, 0.05) is 28.3 Å². The van der Waals surface area contributed by atoms with E-state index in [1.165, 1.54) is 5.56 Å². The highest BCUT2D eigenvalue weighted by Gasteiger charge is 2.14. The Morgan fingerprint density at radius 2 is 1.90 bits per heavy atom. The van der Waals surface area contributed by atoms with Gasteiger partial charge >= 0.3 is 0 Å². The number of rotatable bonds is 10. The Morgan fingerprint density at radius 3 is 2.45 bits per heavy atom. The summed E-state index contributed by atoms with van der Waals surface area (Å²) in [6.07, 6.45) is 2.13. The van der Waals surface area contributed by atoms with Crippen molar-refractivity contribution in [2.45, 2.75) is 39.7 Å². The zero-order valence-corrected chi connectivity index (χ0v) is 13.7. The van der Waals surface area contributed by atoms with Crippen molar-refractivity contribution in [2.24, 2.45) is 0 Å². The second kappa shape index (κ2) is 9.94. The number of hydrogen-bond acceptors (Lipinski definition) is 3. The first kappa shape index (κ1) is 17.2. The van der Waals surface area contributed by atoms with Crippen LogP contribution in [-0.4, -0.2) is 28.9 Å². The molecule has 114 valence electrons. The lowest BCUT2D eigenvalue weighted by atomic mass is 10.1. The highest BCUT2D eigenvalue weighted by Crippen LogP contribution is 2.19. The molecule has 0 saturated heterocycles. The van der Waals surface area contributed by atoms with Gasteiger partial charge in [0.25, 0.3) is 0 Å². The molecule has 0 aliphatic carbocycles.